The maximum Gasteiger partial charge on any atom is 0.315 e. The fraction of sp³-hybridized carbons (Fsp3) is 0.824. The van der Waals surface area contributed by atoms with Gasteiger partial charge >= 0.3 is 5.97 Å². The van der Waals surface area contributed by atoms with Crippen LogP contribution in [0.1, 0.15) is 67.2 Å². The molecule has 0 amide bonds. The SMILES string of the molecule is C/C=C\C(C)(C(=O)OCC(CC)CCCC)C(C)C. The van der Waals surface area contributed by atoms with Crippen LogP contribution in [-0.2, 0) is 9.53 Å². The number of carbonyl (C=O) groups is 1. The van der Waals surface area contributed by atoms with E-state index in [-0.39, 0.29) is 11.9 Å². The molecule has 2 unspecified atom stereocenters. The van der Waals surface area contributed by atoms with E-state index in [1.165, 1.54) is 12.8 Å². The summed E-state index contributed by atoms with van der Waals surface area (Å²) in [6.45, 7) is 13.0. The Bertz CT molecular complexity index is 281. The molecule has 0 fully saturated rings. The molecule has 0 aliphatic rings. The van der Waals surface area contributed by atoms with Crippen molar-refractivity contribution in [2.75, 3.05) is 6.61 Å². The van der Waals surface area contributed by atoms with Crippen molar-refractivity contribution in [3.05, 3.63) is 12.2 Å². The number of hydrogen-bond donors (Lipinski definition) is 0. The molecule has 0 aromatic heterocycles. The molecule has 0 rings (SSSR count). The predicted molar refractivity (Wildman–Crippen MR) is 82.0 cm³/mol. The number of carbonyl (C=O) groups excluding carboxylic acids is 1. The topological polar surface area (TPSA) is 26.3 Å². The fourth-order valence-electron chi connectivity index (χ4n) is 2.09. The van der Waals surface area contributed by atoms with Gasteiger partial charge in [0.15, 0.2) is 0 Å². The highest BCUT2D eigenvalue weighted by Crippen LogP contribution is 2.30. The molecule has 2 nitrogen and oxygen atoms in total. The van der Waals surface area contributed by atoms with Crippen LogP contribution in [0.2, 0.25) is 0 Å². The lowest BCUT2D eigenvalue weighted by molar-refractivity contribution is -0.155. The highest BCUT2D eigenvalue weighted by Gasteiger charge is 2.35. The number of hydrogen-bond acceptors (Lipinski definition) is 2. The van der Waals surface area contributed by atoms with Crippen LogP contribution in [0, 0.1) is 17.3 Å². The second-order valence-electron chi connectivity index (χ2n) is 5.95. The molecular weight excluding hydrogens is 236 g/mol. The summed E-state index contributed by atoms with van der Waals surface area (Å²) in [6, 6.07) is 0. The van der Waals surface area contributed by atoms with E-state index in [0.29, 0.717) is 12.5 Å². The summed E-state index contributed by atoms with van der Waals surface area (Å²) in [5.41, 5.74) is -0.502. The van der Waals surface area contributed by atoms with Crippen LogP contribution in [0.3, 0.4) is 0 Å². The first-order valence-corrected chi connectivity index (χ1v) is 7.73. The molecule has 0 aromatic rings. The van der Waals surface area contributed by atoms with E-state index < -0.39 is 5.41 Å². The Hall–Kier alpha value is -0.790. The number of unbranched alkanes of at least 4 members (excludes halogenated alkanes) is 1. The van der Waals surface area contributed by atoms with Gasteiger partial charge in [0, 0.05) is 0 Å². The number of esters is 1. The van der Waals surface area contributed by atoms with Gasteiger partial charge in [0.1, 0.15) is 0 Å². The lowest BCUT2D eigenvalue weighted by atomic mass is 9.79. The minimum Gasteiger partial charge on any atom is -0.465 e. The maximum atomic E-state index is 12.3. The summed E-state index contributed by atoms with van der Waals surface area (Å²) < 4.78 is 5.58. The lowest BCUT2D eigenvalue weighted by Crippen LogP contribution is -2.34. The Labute approximate surface area is 119 Å². The van der Waals surface area contributed by atoms with Crippen molar-refractivity contribution in [3.63, 3.8) is 0 Å². The number of rotatable bonds is 9. The summed E-state index contributed by atoms with van der Waals surface area (Å²) in [5.74, 6) is 0.661. The van der Waals surface area contributed by atoms with Crippen molar-refractivity contribution in [2.45, 2.75) is 67.2 Å². The molecule has 0 bridgehead atoms. The average Bonchev–Trinajstić information content (AvgIpc) is 2.38. The standard InChI is InChI=1S/C17H32O2/c1-7-10-11-15(9-3)13-19-16(18)17(6,12-8-2)14(4)5/h8,12,14-15H,7,9-11,13H2,1-6H3/b12-8-. The van der Waals surface area contributed by atoms with Crippen LogP contribution in [0.4, 0.5) is 0 Å². The molecule has 19 heavy (non-hydrogen) atoms. The zero-order chi connectivity index (χ0) is 14.9. The van der Waals surface area contributed by atoms with Crippen LogP contribution in [0.25, 0.3) is 0 Å². The molecule has 112 valence electrons. The van der Waals surface area contributed by atoms with Gasteiger partial charge in [0.25, 0.3) is 0 Å². The minimum atomic E-state index is -0.502. The molecule has 2 atom stereocenters. The molecule has 0 heterocycles. The maximum absolute atomic E-state index is 12.3. The van der Waals surface area contributed by atoms with E-state index in [9.17, 15) is 4.79 Å². The second kappa shape index (κ2) is 9.17. The van der Waals surface area contributed by atoms with Crippen molar-refractivity contribution in [1.29, 1.82) is 0 Å². The number of ether oxygens (including phenoxy) is 1. The third kappa shape index (κ3) is 5.80. The molecule has 0 saturated carbocycles. The fourth-order valence-corrected chi connectivity index (χ4v) is 2.09. The Morgan fingerprint density at radius 2 is 1.95 bits per heavy atom. The zero-order valence-electron chi connectivity index (χ0n) is 13.7. The quantitative estimate of drug-likeness (QED) is 0.435. The van der Waals surface area contributed by atoms with Crippen LogP contribution in [0.5, 0.6) is 0 Å². The minimum absolute atomic E-state index is 0.0875. The summed E-state index contributed by atoms with van der Waals surface area (Å²) in [4.78, 5) is 12.3. The van der Waals surface area contributed by atoms with Crippen molar-refractivity contribution in [2.24, 2.45) is 17.3 Å². The molecular formula is C17H32O2. The van der Waals surface area contributed by atoms with Gasteiger partial charge in [-0.2, -0.15) is 0 Å². The van der Waals surface area contributed by atoms with Crippen LogP contribution in [-0.4, -0.2) is 12.6 Å². The van der Waals surface area contributed by atoms with Gasteiger partial charge in [-0.25, -0.2) is 0 Å². The summed E-state index contributed by atoms with van der Waals surface area (Å²) >= 11 is 0. The predicted octanol–water partition coefficient (Wildman–Crippen LogP) is 4.98. The van der Waals surface area contributed by atoms with E-state index in [2.05, 4.69) is 27.7 Å². The highest BCUT2D eigenvalue weighted by atomic mass is 16.5. The molecule has 2 heteroatoms. The van der Waals surface area contributed by atoms with E-state index in [4.69, 9.17) is 4.74 Å². The average molecular weight is 268 g/mol. The zero-order valence-corrected chi connectivity index (χ0v) is 13.7. The van der Waals surface area contributed by atoms with Crippen LogP contribution < -0.4 is 0 Å². The van der Waals surface area contributed by atoms with Gasteiger partial charge in [-0.05, 0) is 32.1 Å². The molecule has 0 N–H and O–H groups in total. The summed E-state index contributed by atoms with van der Waals surface area (Å²) in [7, 11) is 0. The Balaban J connectivity index is 4.49. The van der Waals surface area contributed by atoms with Crippen molar-refractivity contribution in [1.82, 2.24) is 0 Å². The van der Waals surface area contributed by atoms with E-state index >= 15 is 0 Å². The monoisotopic (exact) mass is 268 g/mol. The first-order chi connectivity index (χ1) is 8.92. The molecule has 0 aliphatic heterocycles. The molecule has 0 spiro atoms. The Morgan fingerprint density at radius 3 is 2.37 bits per heavy atom. The van der Waals surface area contributed by atoms with E-state index in [1.807, 2.05) is 26.0 Å². The second-order valence-corrected chi connectivity index (χ2v) is 5.95. The summed E-state index contributed by atoms with van der Waals surface area (Å²) in [5, 5.41) is 0. The first-order valence-electron chi connectivity index (χ1n) is 7.73. The van der Waals surface area contributed by atoms with Gasteiger partial charge < -0.3 is 4.74 Å². The third-order valence-corrected chi connectivity index (χ3v) is 4.15. The highest BCUT2D eigenvalue weighted by molar-refractivity contribution is 5.79. The molecule has 0 radical (unpaired) electrons. The van der Waals surface area contributed by atoms with E-state index in [1.54, 1.807) is 0 Å². The van der Waals surface area contributed by atoms with Gasteiger partial charge in [0.05, 0.1) is 12.0 Å². The van der Waals surface area contributed by atoms with E-state index in [0.717, 1.165) is 12.8 Å². The molecule has 0 saturated heterocycles. The molecule has 0 aliphatic carbocycles. The van der Waals surface area contributed by atoms with Gasteiger partial charge in [-0.1, -0.05) is 59.1 Å². The van der Waals surface area contributed by atoms with Crippen molar-refractivity contribution < 1.29 is 9.53 Å². The normalized spacial score (nSPS) is 16.6. The first kappa shape index (κ1) is 18.2. The third-order valence-electron chi connectivity index (χ3n) is 4.15. The van der Waals surface area contributed by atoms with Gasteiger partial charge in [0.2, 0.25) is 0 Å². The Morgan fingerprint density at radius 1 is 1.32 bits per heavy atom. The molecule has 0 aromatic carbocycles. The van der Waals surface area contributed by atoms with Crippen LogP contribution >= 0.6 is 0 Å². The number of allylic oxidation sites excluding steroid dienone is 1. The Kier molecular flexibility index (Phi) is 8.79. The van der Waals surface area contributed by atoms with Crippen LogP contribution in [0.15, 0.2) is 12.2 Å². The van der Waals surface area contributed by atoms with Crippen molar-refractivity contribution >= 4 is 5.97 Å². The smallest absolute Gasteiger partial charge is 0.315 e. The van der Waals surface area contributed by atoms with Gasteiger partial charge in [-0.15, -0.1) is 0 Å². The largest absolute Gasteiger partial charge is 0.465 e. The lowest BCUT2D eigenvalue weighted by Gasteiger charge is -2.29. The van der Waals surface area contributed by atoms with Crippen molar-refractivity contribution in [3.8, 4) is 0 Å². The summed E-state index contributed by atoms with van der Waals surface area (Å²) in [6.07, 6.45) is 8.55. The van der Waals surface area contributed by atoms with Gasteiger partial charge in [-0.3, -0.25) is 4.79 Å².